The van der Waals surface area contributed by atoms with E-state index in [9.17, 15) is 12.8 Å². The molecular formula is C18H23FN4O2S. The van der Waals surface area contributed by atoms with E-state index in [2.05, 4.69) is 20.2 Å². The number of aryl methyl sites for hydroxylation is 1. The fourth-order valence-corrected chi connectivity index (χ4v) is 4.11. The maximum atomic E-state index is 13.0. The molecule has 0 aliphatic carbocycles. The number of hydrogen-bond donors (Lipinski definition) is 1. The van der Waals surface area contributed by atoms with Crippen molar-refractivity contribution in [3.05, 3.63) is 41.8 Å². The molecule has 0 amide bonds. The molecule has 1 fully saturated rings. The zero-order valence-electron chi connectivity index (χ0n) is 14.8. The summed E-state index contributed by atoms with van der Waals surface area (Å²) in [6.07, 6.45) is 3.50. The molecule has 3 rings (SSSR count). The summed E-state index contributed by atoms with van der Waals surface area (Å²) < 4.78 is 37.6. The molecule has 2 aromatic rings. The van der Waals surface area contributed by atoms with Crippen LogP contribution in [0.4, 0.5) is 16.2 Å². The lowest BCUT2D eigenvalue weighted by atomic mass is 10.1. The summed E-state index contributed by atoms with van der Waals surface area (Å²) in [5.74, 6) is 0.755. The van der Waals surface area contributed by atoms with E-state index in [0.29, 0.717) is 11.8 Å². The highest BCUT2D eigenvalue weighted by Gasteiger charge is 2.16. The maximum Gasteiger partial charge on any atom is 0.227 e. The fourth-order valence-electron chi connectivity index (χ4n) is 2.95. The zero-order chi connectivity index (χ0) is 18.6. The Morgan fingerprint density at radius 2 is 1.81 bits per heavy atom. The second-order valence-corrected chi connectivity index (χ2v) is 8.55. The normalized spacial score (nSPS) is 15.1. The summed E-state index contributed by atoms with van der Waals surface area (Å²) in [6.45, 7) is 4.01. The minimum absolute atomic E-state index is 0.0965. The molecule has 1 aromatic heterocycles. The van der Waals surface area contributed by atoms with Crippen LogP contribution in [0.1, 0.15) is 25.0 Å². The van der Waals surface area contributed by atoms with Gasteiger partial charge in [-0.15, -0.1) is 0 Å². The fraction of sp³-hybridized carbons (Fsp3) is 0.444. The maximum absolute atomic E-state index is 13.0. The van der Waals surface area contributed by atoms with Crippen LogP contribution >= 0.6 is 0 Å². The van der Waals surface area contributed by atoms with E-state index in [0.717, 1.165) is 43.8 Å². The van der Waals surface area contributed by atoms with E-state index in [-0.39, 0.29) is 17.2 Å². The third-order valence-corrected chi connectivity index (χ3v) is 6.06. The SMILES string of the molecule is Cc1cc(NCCS(=O)(=O)c2ccc(F)cc2)nc(N2CCCCC2)n1. The van der Waals surface area contributed by atoms with Crippen molar-refractivity contribution >= 4 is 21.6 Å². The molecule has 0 spiro atoms. The van der Waals surface area contributed by atoms with Gasteiger partial charge in [0.05, 0.1) is 10.6 Å². The van der Waals surface area contributed by atoms with Gasteiger partial charge in [-0.1, -0.05) is 0 Å². The summed E-state index contributed by atoms with van der Waals surface area (Å²) in [5, 5.41) is 3.07. The van der Waals surface area contributed by atoms with Crippen LogP contribution in [-0.2, 0) is 9.84 Å². The van der Waals surface area contributed by atoms with E-state index in [1.807, 2.05) is 6.92 Å². The molecule has 2 heterocycles. The highest BCUT2D eigenvalue weighted by atomic mass is 32.2. The van der Waals surface area contributed by atoms with Crippen LogP contribution < -0.4 is 10.2 Å². The molecule has 1 aromatic carbocycles. The Labute approximate surface area is 153 Å². The number of anilines is 2. The van der Waals surface area contributed by atoms with Gasteiger partial charge in [0.25, 0.3) is 0 Å². The molecule has 0 atom stereocenters. The van der Waals surface area contributed by atoms with Crippen LogP contribution in [0.25, 0.3) is 0 Å². The van der Waals surface area contributed by atoms with Gasteiger partial charge in [-0.05, 0) is 50.5 Å². The Morgan fingerprint density at radius 3 is 2.50 bits per heavy atom. The molecule has 8 heteroatoms. The van der Waals surface area contributed by atoms with Gasteiger partial charge >= 0.3 is 0 Å². The molecule has 26 heavy (non-hydrogen) atoms. The van der Waals surface area contributed by atoms with Crippen LogP contribution in [0.5, 0.6) is 0 Å². The van der Waals surface area contributed by atoms with E-state index < -0.39 is 15.7 Å². The van der Waals surface area contributed by atoms with Crippen molar-refractivity contribution in [1.29, 1.82) is 0 Å². The van der Waals surface area contributed by atoms with Crippen molar-refractivity contribution in [1.82, 2.24) is 9.97 Å². The second-order valence-electron chi connectivity index (χ2n) is 6.44. The topological polar surface area (TPSA) is 75.2 Å². The van der Waals surface area contributed by atoms with Crippen molar-refractivity contribution in [3.8, 4) is 0 Å². The average molecular weight is 378 g/mol. The number of benzene rings is 1. The van der Waals surface area contributed by atoms with Gasteiger partial charge in [0.2, 0.25) is 5.95 Å². The Bertz CT molecular complexity index is 850. The molecule has 0 bridgehead atoms. The number of sulfone groups is 1. The van der Waals surface area contributed by atoms with E-state index in [1.165, 1.54) is 18.6 Å². The Kier molecular flexibility index (Phi) is 5.70. The van der Waals surface area contributed by atoms with E-state index in [1.54, 1.807) is 6.07 Å². The molecule has 140 valence electrons. The Balaban J connectivity index is 1.64. The van der Waals surface area contributed by atoms with Crippen LogP contribution in [0.15, 0.2) is 35.2 Å². The molecule has 0 radical (unpaired) electrons. The van der Waals surface area contributed by atoms with Crippen molar-refractivity contribution in [2.24, 2.45) is 0 Å². The number of halogens is 1. The highest BCUT2D eigenvalue weighted by molar-refractivity contribution is 7.91. The zero-order valence-corrected chi connectivity index (χ0v) is 15.6. The van der Waals surface area contributed by atoms with Gasteiger partial charge in [-0.25, -0.2) is 17.8 Å². The molecule has 1 saturated heterocycles. The predicted octanol–water partition coefficient (Wildman–Crippen LogP) is 2.80. The molecular weight excluding hydrogens is 355 g/mol. The van der Waals surface area contributed by atoms with Crippen molar-refractivity contribution in [2.75, 3.05) is 35.6 Å². The largest absolute Gasteiger partial charge is 0.369 e. The lowest BCUT2D eigenvalue weighted by molar-refractivity contribution is 0.568. The first kappa shape index (κ1) is 18.6. The number of nitrogens with one attached hydrogen (secondary N) is 1. The van der Waals surface area contributed by atoms with Gasteiger partial charge in [-0.2, -0.15) is 4.98 Å². The summed E-state index contributed by atoms with van der Waals surface area (Å²) in [6, 6.07) is 6.68. The standard InChI is InChI=1S/C18H23FN4O2S/c1-14-13-17(22-18(21-14)23-10-3-2-4-11-23)20-9-12-26(24,25)16-7-5-15(19)6-8-16/h5-8,13H,2-4,9-12H2,1H3,(H,20,21,22). The molecule has 1 aliphatic heterocycles. The number of nitrogens with zero attached hydrogens (tertiary/aromatic N) is 3. The molecule has 1 N–H and O–H groups in total. The average Bonchev–Trinajstić information content (AvgIpc) is 2.62. The van der Waals surface area contributed by atoms with Crippen LogP contribution in [0.3, 0.4) is 0 Å². The third-order valence-electron chi connectivity index (χ3n) is 4.33. The van der Waals surface area contributed by atoms with Gasteiger partial charge in [0, 0.05) is 31.4 Å². The summed E-state index contributed by atoms with van der Waals surface area (Å²) in [5.41, 5.74) is 0.837. The highest BCUT2D eigenvalue weighted by Crippen LogP contribution is 2.18. The minimum atomic E-state index is -3.47. The Morgan fingerprint density at radius 1 is 1.12 bits per heavy atom. The first-order chi connectivity index (χ1) is 12.4. The quantitative estimate of drug-likeness (QED) is 0.779. The van der Waals surface area contributed by atoms with Gasteiger partial charge < -0.3 is 10.2 Å². The first-order valence-electron chi connectivity index (χ1n) is 8.77. The van der Waals surface area contributed by atoms with E-state index >= 15 is 0 Å². The molecule has 0 saturated carbocycles. The van der Waals surface area contributed by atoms with Gasteiger partial charge in [0.1, 0.15) is 11.6 Å². The summed E-state index contributed by atoms with van der Waals surface area (Å²) in [7, 11) is -3.47. The predicted molar refractivity (Wildman–Crippen MR) is 99.8 cm³/mol. The number of rotatable bonds is 6. The van der Waals surface area contributed by atoms with Crippen molar-refractivity contribution in [3.63, 3.8) is 0 Å². The third kappa shape index (κ3) is 4.69. The number of aromatic nitrogens is 2. The van der Waals surface area contributed by atoms with Crippen LogP contribution in [0, 0.1) is 12.7 Å². The van der Waals surface area contributed by atoms with Crippen LogP contribution in [-0.4, -0.2) is 43.8 Å². The van der Waals surface area contributed by atoms with Crippen LogP contribution in [0.2, 0.25) is 0 Å². The molecule has 0 unspecified atom stereocenters. The van der Waals surface area contributed by atoms with Crippen molar-refractivity contribution < 1.29 is 12.8 Å². The monoisotopic (exact) mass is 378 g/mol. The summed E-state index contributed by atoms with van der Waals surface area (Å²) >= 11 is 0. The molecule has 6 nitrogen and oxygen atoms in total. The van der Waals surface area contributed by atoms with Crippen molar-refractivity contribution in [2.45, 2.75) is 31.1 Å². The summed E-state index contributed by atoms with van der Waals surface area (Å²) in [4.78, 5) is 11.3. The lowest BCUT2D eigenvalue weighted by Gasteiger charge is -2.27. The first-order valence-corrected chi connectivity index (χ1v) is 10.4. The Hall–Kier alpha value is -2.22. The van der Waals surface area contributed by atoms with E-state index in [4.69, 9.17) is 0 Å². The van der Waals surface area contributed by atoms with Gasteiger partial charge in [-0.3, -0.25) is 0 Å². The molecule has 1 aliphatic rings. The lowest BCUT2D eigenvalue weighted by Crippen LogP contribution is -2.31. The number of piperidine rings is 1. The second kappa shape index (κ2) is 7.99. The smallest absolute Gasteiger partial charge is 0.227 e. The minimum Gasteiger partial charge on any atom is -0.369 e. The number of hydrogen-bond acceptors (Lipinski definition) is 6. The van der Waals surface area contributed by atoms with Gasteiger partial charge in [0.15, 0.2) is 9.84 Å².